The molecule has 114 valence electrons. The molecule has 0 radical (unpaired) electrons. The number of allylic oxidation sites excluding steroid dienone is 1. The molecule has 0 aromatic heterocycles. The number of rotatable bonds is 4. The molecule has 0 amide bonds. The number of anilines is 1. The van der Waals surface area contributed by atoms with Crippen LogP contribution in [0.5, 0.6) is 11.5 Å². The maximum atomic E-state index is 12.3. The van der Waals surface area contributed by atoms with Crippen molar-refractivity contribution in [2.45, 2.75) is 6.92 Å². The molecule has 0 spiro atoms. The van der Waals surface area contributed by atoms with Gasteiger partial charge in [0, 0.05) is 25.8 Å². The lowest BCUT2D eigenvalue weighted by Crippen LogP contribution is -2.08. The van der Waals surface area contributed by atoms with E-state index in [0.717, 1.165) is 17.3 Å². The molecule has 0 atom stereocenters. The van der Waals surface area contributed by atoms with Crippen molar-refractivity contribution in [1.82, 2.24) is 0 Å². The molecular formula is C18H19NO3. The lowest BCUT2D eigenvalue weighted by atomic mass is 10.0. The van der Waals surface area contributed by atoms with Crippen molar-refractivity contribution in [3.63, 3.8) is 0 Å². The fourth-order valence-electron chi connectivity index (χ4n) is 2.11. The Morgan fingerprint density at radius 3 is 2.23 bits per heavy atom. The number of phenols is 2. The smallest absolute Gasteiger partial charge is 0.192 e. The largest absolute Gasteiger partial charge is 0.508 e. The lowest BCUT2D eigenvalue weighted by Gasteiger charge is -2.12. The molecule has 4 heteroatoms. The SMILES string of the molecule is C/C(=C\c1ccc(N(C)C)cc1)C(=O)c1ccc(O)cc1O. The van der Waals surface area contributed by atoms with Gasteiger partial charge in [-0.1, -0.05) is 12.1 Å². The van der Waals surface area contributed by atoms with Crippen molar-refractivity contribution in [3.8, 4) is 11.5 Å². The van der Waals surface area contributed by atoms with Gasteiger partial charge in [-0.2, -0.15) is 0 Å². The molecule has 0 heterocycles. The Morgan fingerprint density at radius 2 is 1.68 bits per heavy atom. The van der Waals surface area contributed by atoms with Crippen LogP contribution in [0.1, 0.15) is 22.8 Å². The highest BCUT2D eigenvalue weighted by atomic mass is 16.3. The van der Waals surface area contributed by atoms with E-state index >= 15 is 0 Å². The number of benzene rings is 2. The van der Waals surface area contributed by atoms with E-state index in [1.54, 1.807) is 13.0 Å². The van der Waals surface area contributed by atoms with Gasteiger partial charge in [-0.05, 0) is 48.4 Å². The summed E-state index contributed by atoms with van der Waals surface area (Å²) in [6, 6.07) is 11.8. The van der Waals surface area contributed by atoms with E-state index in [1.165, 1.54) is 12.1 Å². The van der Waals surface area contributed by atoms with Gasteiger partial charge in [0.25, 0.3) is 0 Å². The number of hydrogen-bond acceptors (Lipinski definition) is 4. The van der Waals surface area contributed by atoms with Crippen LogP contribution in [0.3, 0.4) is 0 Å². The Morgan fingerprint density at radius 1 is 1.05 bits per heavy atom. The van der Waals surface area contributed by atoms with Gasteiger partial charge in [0.15, 0.2) is 5.78 Å². The summed E-state index contributed by atoms with van der Waals surface area (Å²) in [5.74, 6) is -0.565. The molecule has 22 heavy (non-hydrogen) atoms. The summed E-state index contributed by atoms with van der Waals surface area (Å²) in [7, 11) is 3.93. The van der Waals surface area contributed by atoms with E-state index < -0.39 is 0 Å². The summed E-state index contributed by atoms with van der Waals surface area (Å²) in [6.07, 6.45) is 1.77. The van der Waals surface area contributed by atoms with Crippen molar-refractivity contribution in [1.29, 1.82) is 0 Å². The first kappa shape index (κ1) is 15.6. The molecular weight excluding hydrogens is 278 g/mol. The van der Waals surface area contributed by atoms with Crippen LogP contribution in [0.4, 0.5) is 5.69 Å². The average Bonchev–Trinajstić information content (AvgIpc) is 2.47. The molecule has 2 N–H and O–H groups in total. The van der Waals surface area contributed by atoms with Gasteiger partial charge in [0.2, 0.25) is 0 Å². The second-order valence-electron chi connectivity index (χ2n) is 5.34. The number of nitrogens with zero attached hydrogens (tertiary/aromatic N) is 1. The minimum atomic E-state index is -0.269. The Hall–Kier alpha value is -2.75. The van der Waals surface area contributed by atoms with Crippen molar-refractivity contribution in [2.75, 3.05) is 19.0 Å². The summed E-state index contributed by atoms with van der Waals surface area (Å²) in [5.41, 5.74) is 2.68. The van der Waals surface area contributed by atoms with E-state index in [2.05, 4.69) is 0 Å². The van der Waals surface area contributed by atoms with E-state index in [0.29, 0.717) is 5.57 Å². The minimum Gasteiger partial charge on any atom is -0.508 e. The monoisotopic (exact) mass is 297 g/mol. The van der Waals surface area contributed by atoms with Crippen LogP contribution in [0, 0.1) is 0 Å². The van der Waals surface area contributed by atoms with Gasteiger partial charge < -0.3 is 15.1 Å². The number of carbonyl (C=O) groups excluding carboxylic acids is 1. The maximum absolute atomic E-state index is 12.3. The third kappa shape index (κ3) is 3.47. The second kappa shape index (κ2) is 6.35. The number of hydrogen-bond donors (Lipinski definition) is 2. The molecule has 0 bridgehead atoms. The van der Waals surface area contributed by atoms with Crippen molar-refractivity contribution < 1.29 is 15.0 Å². The number of carbonyl (C=O) groups is 1. The van der Waals surface area contributed by atoms with E-state index in [4.69, 9.17) is 0 Å². The van der Waals surface area contributed by atoms with Gasteiger partial charge in [-0.25, -0.2) is 0 Å². The number of ketones is 1. The summed E-state index contributed by atoms with van der Waals surface area (Å²) in [4.78, 5) is 14.3. The predicted molar refractivity (Wildman–Crippen MR) is 88.5 cm³/mol. The van der Waals surface area contributed by atoms with Crippen LogP contribution in [0.2, 0.25) is 0 Å². The number of aromatic hydroxyl groups is 2. The summed E-state index contributed by atoms with van der Waals surface area (Å²) < 4.78 is 0. The second-order valence-corrected chi connectivity index (χ2v) is 5.34. The standard InChI is InChI=1S/C18H19NO3/c1-12(10-13-4-6-14(7-5-13)19(2)3)18(22)16-9-8-15(20)11-17(16)21/h4-11,20-21H,1-3H3/b12-10+. The molecule has 2 aromatic carbocycles. The predicted octanol–water partition coefficient (Wildman–Crippen LogP) is 3.45. The Labute approximate surface area is 129 Å². The third-order valence-corrected chi connectivity index (χ3v) is 3.38. The molecule has 0 aliphatic rings. The Balaban J connectivity index is 2.26. The number of phenolic OH excluding ortho intramolecular Hbond substituents is 2. The fraction of sp³-hybridized carbons (Fsp3) is 0.167. The fourth-order valence-corrected chi connectivity index (χ4v) is 2.11. The van der Waals surface area contributed by atoms with Gasteiger partial charge >= 0.3 is 0 Å². The third-order valence-electron chi connectivity index (χ3n) is 3.38. The normalized spacial score (nSPS) is 11.3. The van der Waals surface area contributed by atoms with Crippen molar-refractivity contribution >= 4 is 17.5 Å². The van der Waals surface area contributed by atoms with Gasteiger partial charge in [0.1, 0.15) is 11.5 Å². The van der Waals surface area contributed by atoms with Crippen molar-refractivity contribution in [2.24, 2.45) is 0 Å². The van der Waals surface area contributed by atoms with Crippen LogP contribution in [0.25, 0.3) is 6.08 Å². The summed E-state index contributed by atoms with van der Waals surface area (Å²) >= 11 is 0. The Bertz CT molecular complexity index is 716. The highest BCUT2D eigenvalue weighted by Gasteiger charge is 2.13. The van der Waals surface area contributed by atoms with Gasteiger partial charge in [-0.15, -0.1) is 0 Å². The highest BCUT2D eigenvalue weighted by molar-refractivity contribution is 6.12. The summed E-state index contributed by atoms with van der Waals surface area (Å²) in [5, 5.41) is 19.0. The zero-order chi connectivity index (χ0) is 16.3. The highest BCUT2D eigenvalue weighted by Crippen LogP contribution is 2.25. The van der Waals surface area contributed by atoms with Crippen LogP contribution in [-0.2, 0) is 0 Å². The molecule has 0 fully saturated rings. The van der Waals surface area contributed by atoms with Crippen LogP contribution >= 0.6 is 0 Å². The molecule has 0 aliphatic carbocycles. The molecule has 0 unspecified atom stereocenters. The molecule has 2 aromatic rings. The topological polar surface area (TPSA) is 60.8 Å². The lowest BCUT2D eigenvalue weighted by molar-refractivity contribution is 0.103. The van der Waals surface area contributed by atoms with E-state index in [-0.39, 0.29) is 22.8 Å². The van der Waals surface area contributed by atoms with E-state index in [1.807, 2.05) is 43.3 Å². The molecule has 0 saturated heterocycles. The first-order chi connectivity index (χ1) is 10.4. The van der Waals surface area contributed by atoms with Crippen LogP contribution in [0.15, 0.2) is 48.0 Å². The molecule has 0 aliphatic heterocycles. The van der Waals surface area contributed by atoms with Gasteiger partial charge in [-0.3, -0.25) is 4.79 Å². The molecule has 0 saturated carbocycles. The van der Waals surface area contributed by atoms with Crippen LogP contribution < -0.4 is 4.90 Å². The average molecular weight is 297 g/mol. The first-order valence-electron chi connectivity index (χ1n) is 6.91. The van der Waals surface area contributed by atoms with Crippen molar-refractivity contribution in [3.05, 3.63) is 59.2 Å². The molecule has 2 rings (SSSR count). The number of Topliss-reactive ketones (excluding diaryl/α,β-unsaturated/α-hetero) is 1. The zero-order valence-corrected chi connectivity index (χ0v) is 12.9. The van der Waals surface area contributed by atoms with E-state index in [9.17, 15) is 15.0 Å². The Kier molecular flexibility index (Phi) is 4.51. The minimum absolute atomic E-state index is 0.0741. The maximum Gasteiger partial charge on any atom is 0.192 e. The van der Waals surface area contributed by atoms with Crippen LogP contribution in [-0.4, -0.2) is 30.1 Å². The zero-order valence-electron chi connectivity index (χ0n) is 12.9. The quantitative estimate of drug-likeness (QED) is 0.670. The molecule has 4 nitrogen and oxygen atoms in total. The summed E-state index contributed by atoms with van der Waals surface area (Å²) in [6.45, 7) is 1.70. The van der Waals surface area contributed by atoms with Gasteiger partial charge in [0.05, 0.1) is 5.56 Å². The first-order valence-corrected chi connectivity index (χ1v) is 6.91.